The van der Waals surface area contributed by atoms with Gasteiger partial charge in [-0.25, -0.2) is 9.78 Å². The lowest BCUT2D eigenvalue weighted by atomic mass is 10.1. The van der Waals surface area contributed by atoms with Gasteiger partial charge in [0.1, 0.15) is 37.3 Å². The highest BCUT2D eigenvalue weighted by Crippen LogP contribution is 2.37. The molecule has 1 aromatic heterocycles. The van der Waals surface area contributed by atoms with E-state index in [0.717, 1.165) is 11.6 Å². The highest BCUT2D eigenvalue weighted by molar-refractivity contribution is 5.95. The molecule has 28 heavy (non-hydrogen) atoms. The minimum absolute atomic E-state index is 0.194. The number of nitrogens with zero attached hydrogens (tertiary/aromatic N) is 2. The van der Waals surface area contributed by atoms with Crippen LogP contribution in [0.15, 0.2) is 53.1 Å². The van der Waals surface area contributed by atoms with Gasteiger partial charge in [-0.1, -0.05) is 18.2 Å². The average Bonchev–Trinajstić information content (AvgIpc) is 3.20. The van der Waals surface area contributed by atoms with Crippen LogP contribution >= 0.6 is 0 Å². The number of ether oxygens (including phenoxy) is 3. The maximum atomic E-state index is 12.4. The van der Waals surface area contributed by atoms with E-state index in [2.05, 4.69) is 4.98 Å². The molecule has 0 aliphatic carbocycles. The first kappa shape index (κ1) is 17.5. The number of hydrogen-bond donors (Lipinski definition) is 0. The second kappa shape index (κ2) is 7.39. The largest absolute Gasteiger partial charge is 0.486 e. The Morgan fingerprint density at radius 2 is 1.86 bits per heavy atom. The van der Waals surface area contributed by atoms with Crippen molar-refractivity contribution in [1.82, 2.24) is 4.98 Å². The summed E-state index contributed by atoms with van der Waals surface area (Å²) < 4.78 is 21.3. The molecule has 2 aromatic carbocycles. The van der Waals surface area contributed by atoms with Crippen molar-refractivity contribution >= 4 is 11.7 Å². The van der Waals surface area contributed by atoms with Crippen molar-refractivity contribution in [2.24, 2.45) is 0 Å². The number of esters is 1. The summed E-state index contributed by atoms with van der Waals surface area (Å²) in [7, 11) is 0. The highest BCUT2D eigenvalue weighted by atomic mass is 16.6. The molecule has 0 saturated carbocycles. The molecule has 4 rings (SSSR count). The third kappa shape index (κ3) is 3.50. The Bertz CT molecular complexity index is 1030. The summed E-state index contributed by atoms with van der Waals surface area (Å²) in [5, 5.41) is 11.3. The van der Waals surface area contributed by atoms with Crippen LogP contribution in [0.3, 0.4) is 0 Å². The fourth-order valence-electron chi connectivity index (χ4n) is 2.70. The normalized spacial score (nSPS) is 12.4. The van der Waals surface area contributed by atoms with Gasteiger partial charge in [0, 0.05) is 11.6 Å². The zero-order valence-electron chi connectivity index (χ0n) is 14.5. The molecule has 3 aromatic rings. The number of fused-ring (bicyclic) bond motifs is 1. The summed E-state index contributed by atoms with van der Waals surface area (Å²) in [4.78, 5) is 27.3. The fourth-order valence-corrected chi connectivity index (χ4v) is 2.70. The molecule has 1 aliphatic rings. The van der Waals surface area contributed by atoms with Gasteiger partial charge in [-0.15, -0.1) is 0 Å². The van der Waals surface area contributed by atoms with Crippen molar-refractivity contribution in [2.45, 2.75) is 6.61 Å². The lowest BCUT2D eigenvalue weighted by Gasteiger charge is -2.18. The lowest BCUT2D eigenvalue weighted by Crippen LogP contribution is -2.17. The van der Waals surface area contributed by atoms with Crippen LogP contribution < -0.4 is 9.47 Å². The van der Waals surface area contributed by atoms with Crippen molar-refractivity contribution in [1.29, 1.82) is 0 Å². The van der Waals surface area contributed by atoms with E-state index in [9.17, 15) is 14.9 Å². The van der Waals surface area contributed by atoms with Crippen LogP contribution in [-0.2, 0) is 11.3 Å². The molecule has 0 N–H and O–H groups in total. The molecule has 0 bridgehead atoms. The molecule has 0 saturated heterocycles. The average molecular weight is 382 g/mol. The molecule has 0 radical (unpaired) electrons. The molecule has 0 fully saturated rings. The molecule has 0 atom stereocenters. The number of nitro groups is 1. The Labute approximate surface area is 158 Å². The van der Waals surface area contributed by atoms with Gasteiger partial charge in [0.25, 0.3) is 5.69 Å². The fraction of sp³-hybridized carbons (Fsp3) is 0.158. The minimum atomic E-state index is -0.868. The summed E-state index contributed by atoms with van der Waals surface area (Å²) in [6.07, 6.45) is 1.37. The Morgan fingerprint density at radius 1 is 1.14 bits per heavy atom. The molecule has 0 unspecified atom stereocenters. The first-order chi connectivity index (χ1) is 13.6. The molecule has 0 spiro atoms. The third-order valence-electron chi connectivity index (χ3n) is 4.00. The molecular formula is C19H14N2O7. The van der Waals surface area contributed by atoms with Crippen LogP contribution in [0.1, 0.15) is 16.1 Å². The van der Waals surface area contributed by atoms with E-state index in [-0.39, 0.29) is 30.3 Å². The SMILES string of the molecule is O=C(OCc1coc(-c2ccccc2)n1)c1cc2c(cc1[N+](=O)[O-])OCCO2. The molecule has 9 nitrogen and oxygen atoms in total. The maximum absolute atomic E-state index is 12.4. The molecular weight excluding hydrogens is 368 g/mol. The van der Waals surface area contributed by atoms with Gasteiger partial charge in [-0.05, 0) is 12.1 Å². The topological polar surface area (TPSA) is 114 Å². The third-order valence-corrected chi connectivity index (χ3v) is 4.00. The number of carbonyl (C=O) groups excluding carboxylic acids is 1. The number of hydrogen-bond acceptors (Lipinski definition) is 8. The zero-order chi connectivity index (χ0) is 19.5. The summed E-state index contributed by atoms with van der Waals surface area (Å²) in [6, 6.07) is 11.7. The summed E-state index contributed by atoms with van der Waals surface area (Å²) >= 11 is 0. The van der Waals surface area contributed by atoms with Crippen molar-refractivity contribution < 1.29 is 28.3 Å². The van der Waals surface area contributed by atoms with E-state index in [1.54, 1.807) is 0 Å². The molecule has 2 heterocycles. The van der Waals surface area contributed by atoms with Gasteiger partial charge in [-0.3, -0.25) is 10.1 Å². The first-order valence-corrected chi connectivity index (χ1v) is 8.37. The second-order valence-corrected chi connectivity index (χ2v) is 5.86. The van der Waals surface area contributed by atoms with E-state index in [1.807, 2.05) is 30.3 Å². The van der Waals surface area contributed by atoms with Gasteiger partial charge in [0.15, 0.2) is 11.5 Å². The number of carbonyl (C=O) groups is 1. The van der Waals surface area contributed by atoms with Crippen LogP contribution in [0.5, 0.6) is 11.5 Å². The van der Waals surface area contributed by atoms with Crippen LogP contribution in [0.4, 0.5) is 5.69 Å². The quantitative estimate of drug-likeness (QED) is 0.375. The molecule has 9 heteroatoms. The monoisotopic (exact) mass is 382 g/mol. The van der Waals surface area contributed by atoms with Crippen LogP contribution in [-0.4, -0.2) is 29.1 Å². The molecule has 1 aliphatic heterocycles. The van der Waals surface area contributed by atoms with E-state index < -0.39 is 16.6 Å². The van der Waals surface area contributed by atoms with Crippen molar-refractivity contribution in [3.05, 3.63) is 70.1 Å². The number of aromatic nitrogens is 1. The van der Waals surface area contributed by atoms with Gasteiger partial charge in [-0.2, -0.15) is 0 Å². The van der Waals surface area contributed by atoms with E-state index >= 15 is 0 Å². The standard InChI is InChI=1S/C19H14N2O7/c22-19(14-8-16-17(26-7-6-25-16)9-15(14)21(23)24)28-11-13-10-27-18(20-13)12-4-2-1-3-5-12/h1-5,8-10H,6-7,11H2. The van der Waals surface area contributed by atoms with Crippen molar-refractivity contribution in [3.63, 3.8) is 0 Å². The second-order valence-electron chi connectivity index (χ2n) is 5.86. The molecule has 0 amide bonds. The van der Waals surface area contributed by atoms with Gasteiger partial charge in [0.05, 0.1) is 11.0 Å². The zero-order valence-corrected chi connectivity index (χ0v) is 14.5. The van der Waals surface area contributed by atoms with Gasteiger partial charge < -0.3 is 18.6 Å². The number of benzene rings is 2. The number of oxazole rings is 1. The van der Waals surface area contributed by atoms with Crippen LogP contribution in [0.25, 0.3) is 11.5 Å². The first-order valence-electron chi connectivity index (χ1n) is 8.37. The maximum Gasteiger partial charge on any atom is 0.345 e. The van der Waals surface area contributed by atoms with Crippen LogP contribution in [0, 0.1) is 10.1 Å². The number of nitro benzene ring substituents is 1. The Balaban J connectivity index is 1.51. The Kier molecular flexibility index (Phi) is 4.63. The Hall–Kier alpha value is -3.88. The smallest absolute Gasteiger partial charge is 0.345 e. The van der Waals surface area contributed by atoms with Crippen LogP contribution in [0.2, 0.25) is 0 Å². The Morgan fingerprint density at radius 3 is 2.57 bits per heavy atom. The molecule has 142 valence electrons. The predicted octanol–water partition coefficient (Wildman–Crippen LogP) is 3.38. The summed E-state index contributed by atoms with van der Waals surface area (Å²) in [6.45, 7) is 0.380. The number of rotatable bonds is 5. The summed E-state index contributed by atoms with van der Waals surface area (Å²) in [5.74, 6) is -0.00000207. The predicted molar refractivity (Wildman–Crippen MR) is 95.1 cm³/mol. The van der Waals surface area contributed by atoms with Gasteiger partial charge >= 0.3 is 5.97 Å². The van der Waals surface area contributed by atoms with Crippen molar-refractivity contribution in [3.8, 4) is 23.0 Å². The lowest BCUT2D eigenvalue weighted by molar-refractivity contribution is -0.385. The van der Waals surface area contributed by atoms with E-state index in [0.29, 0.717) is 18.2 Å². The van der Waals surface area contributed by atoms with E-state index in [4.69, 9.17) is 18.6 Å². The minimum Gasteiger partial charge on any atom is -0.486 e. The highest BCUT2D eigenvalue weighted by Gasteiger charge is 2.27. The van der Waals surface area contributed by atoms with Crippen molar-refractivity contribution in [2.75, 3.05) is 13.2 Å². The van der Waals surface area contributed by atoms with Gasteiger partial charge in [0.2, 0.25) is 5.89 Å². The summed E-state index contributed by atoms with van der Waals surface area (Å²) in [5.41, 5.74) is 0.523. The van der Waals surface area contributed by atoms with E-state index in [1.165, 1.54) is 12.3 Å².